The van der Waals surface area contributed by atoms with Crippen LogP contribution < -0.4 is 0 Å². The Morgan fingerprint density at radius 1 is 1.13 bits per heavy atom. The van der Waals surface area contributed by atoms with Gasteiger partial charge in [0.2, 0.25) is 10.0 Å². The Labute approximate surface area is 177 Å². The lowest BCUT2D eigenvalue weighted by Crippen LogP contribution is -2.63. The van der Waals surface area contributed by atoms with Crippen molar-refractivity contribution in [3.8, 4) is 28.6 Å². The number of fused-ring (bicyclic) bond motifs is 1. The van der Waals surface area contributed by atoms with Gasteiger partial charge in [-0.25, -0.2) is 22.9 Å². The first-order valence-electron chi connectivity index (χ1n) is 9.36. The molecule has 1 saturated heterocycles. The first-order chi connectivity index (χ1) is 14.8. The summed E-state index contributed by atoms with van der Waals surface area (Å²) in [5, 5.41) is 22.2. The van der Waals surface area contributed by atoms with E-state index in [2.05, 4.69) is 26.3 Å². The molecule has 1 fully saturated rings. The van der Waals surface area contributed by atoms with Gasteiger partial charge in [-0.2, -0.15) is 24.9 Å². The third-order valence-corrected chi connectivity index (χ3v) is 6.62. The highest BCUT2D eigenvalue weighted by Crippen LogP contribution is 2.35. The Hall–Kier alpha value is -3.63. The highest BCUT2D eigenvalue weighted by Gasteiger charge is 2.49. The first-order valence-corrected chi connectivity index (χ1v) is 11.2. The molecule has 158 valence electrons. The van der Waals surface area contributed by atoms with Crippen molar-refractivity contribution in [1.82, 2.24) is 43.4 Å². The Kier molecular flexibility index (Phi) is 4.17. The lowest BCUT2D eigenvalue weighted by molar-refractivity contribution is 0.0724. The zero-order chi connectivity index (χ0) is 21.8. The van der Waals surface area contributed by atoms with Gasteiger partial charge in [0, 0.05) is 43.7 Å². The van der Waals surface area contributed by atoms with Crippen LogP contribution in [0.2, 0.25) is 0 Å². The monoisotopic (exact) mass is 438 g/mol. The predicted octanol–water partition coefficient (Wildman–Crippen LogP) is 0.272. The third-order valence-electron chi connectivity index (χ3n) is 5.42. The lowest BCUT2D eigenvalue weighted by atomic mass is 9.89. The summed E-state index contributed by atoms with van der Waals surface area (Å²) in [4.78, 5) is 9.08. The molecule has 13 heteroatoms. The van der Waals surface area contributed by atoms with Gasteiger partial charge in [0.25, 0.3) is 0 Å². The quantitative estimate of drug-likeness (QED) is 0.433. The second-order valence-corrected chi connectivity index (χ2v) is 9.65. The van der Waals surface area contributed by atoms with Crippen molar-refractivity contribution in [3.05, 3.63) is 37.3 Å². The summed E-state index contributed by atoms with van der Waals surface area (Å²) < 4.78 is 30.0. The molecule has 5 heterocycles. The Bertz CT molecular complexity index is 1440. The topological polar surface area (TPSA) is 140 Å². The number of hydrogen-bond acceptors (Lipinski definition) is 8. The van der Waals surface area contributed by atoms with E-state index in [1.54, 1.807) is 38.7 Å². The van der Waals surface area contributed by atoms with E-state index in [-0.39, 0.29) is 19.5 Å². The molecule has 0 aromatic carbocycles. The Balaban J connectivity index is 1.57. The molecule has 4 aromatic rings. The molecule has 12 nitrogen and oxygen atoms in total. The number of hydrogen-bond donors (Lipinski definition) is 0. The maximum atomic E-state index is 11.8. The zero-order valence-corrected chi connectivity index (χ0v) is 17.6. The molecule has 1 aliphatic rings. The van der Waals surface area contributed by atoms with E-state index >= 15 is 0 Å². The van der Waals surface area contributed by atoms with Gasteiger partial charge in [-0.1, -0.05) is 0 Å². The van der Waals surface area contributed by atoms with Crippen LogP contribution in [-0.4, -0.2) is 71.2 Å². The van der Waals surface area contributed by atoms with Crippen LogP contribution in [0.3, 0.4) is 0 Å². The summed E-state index contributed by atoms with van der Waals surface area (Å²) in [6, 6.07) is 2.15. The highest BCUT2D eigenvalue weighted by atomic mass is 32.2. The van der Waals surface area contributed by atoms with Crippen LogP contribution in [0.15, 0.2) is 37.3 Å². The van der Waals surface area contributed by atoms with Crippen LogP contribution >= 0.6 is 0 Å². The minimum Gasteiger partial charge on any atom is -0.275 e. The van der Waals surface area contributed by atoms with E-state index < -0.39 is 15.6 Å². The van der Waals surface area contributed by atoms with Gasteiger partial charge in [0.1, 0.15) is 17.6 Å². The summed E-state index contributed by atoms with van der Waals surface area (Å²) in [6.07, 6.45) is 11.5. The maximum absolute atomic E-state index is 11.8. The average molecular weight is 438 g/mol. The standard InChI is InChI=1S/C18H18N10O2S/c1-25-7-13(5-21-25)15-9-27-17(20-12-23-27)16(24-15)14-6-22-28(8-14)18(3-4-19)10-26(11-18)31(2,29)30/h5-9,12H,3,10-11H2,1-2H3. The fourth-order valence-electron chi connectivity index (χ4n) is 3.75. The van der Waals surface area contributed by atoms with E-state index in [1.807, 2.05) is 13.2 Å². The summed E-state index contributed by atoms with van der Waals surface area (Å²) in [7, 11) is -1.49. The van der Waals surface area contributed by atoms with Gasteiger partial charge in [0.15, 0.2) is 5.65 Å². The van der Waals surface area contributed by atoms with Crippen LogP contribution in [-0.2, 0) is 22.6 Å². The van der Waals surface area contributed by atoms with Gasteiger partial charge in [-0.3, -0.25) is 9.36 Å². The fourth-order valence-corrected chi connectivity index (χ4v) is 4.70. The molecule has 0 aliphatic carbocycles. The molecule has 5 rings (SSSR count). The molecule has 0 radical (unpaired) electrons. The molecule has 31 heavy (non-hydrogen) atoms. The molecule has 0 amide bonds. The van der Waals surface area contributed by atoms with E-state index in [9.17, 15) is 13.7 Å². The van der Waals surface area contributed by atoms with Crippen molar-refractivity contribution in [2.45, 2.75) is 12.0 Å². The van der Waals surface area contributed by atoms with E-state index in [0.717, 1.165) is 11.8 Å². The summed E-state index contributed by atoms with van der Waals surface area (Å²) in [6.45, 7) is 0.397. The Morgan fingerprint density at radius 2 is 1.90 bits per heavy atom. The number of rotatable bonds is 5. The van der Waals surface area contributed by atoms with Crippen LogP contribution in [0.1, 0.15) is 6.42 Å². The Morgan fingerprint density at radius 3 is 2.58 bits per heavy atom. The summed E-state index contributed by atoms with van der Waals surface area (Å²) in [5.74, 6) is 0. The second kappa shape index (κ2) is 6.69. The van der Waals surface area contributed by atoms with Crippen molar-refractivity contribution < 1.29 is 8.42 Å². The van der Waals surface area contributed by atoms with Crippen molar-refractivity contribution in [2.24, 2.45) is 7.05 Å². The lowest BCUT2D eigenvalue weighted by Gasteiger charge is -2.47. The minimum absolute atomic E-state index is 0.142. The van der Waals surface area contributed by atoms with Gasteiger partial charge < -0.3 is 0 Å². The van der Waals surface area contributed by atoms with Crippen molar-refractivity contribution >= 4 is 15.7 Å². The second-order valence-electron chi connectivity index (χ2n) is 7.67. The molecule has 0 unspecified atom stereocenters. The molecular weight excluding hydrogens is 420 g/mol. The number of nitriles is 1. The van der Waals surface area contributed by atoms with Crippen LogP contribution in [0, 0.1) is 11.3 Å². The van der Waals surface area contributed by atoms with Crippen molar-refractivity contribution in [2.75, 3.05) is 19.3 Å². The highest BCUT2D eigenvalue weighted by molar-refractivity contribution is 7.88. The third kappa shape index (κ3) is 3.16. The minimum atomic E-state index is -3.32. The van der Waals surface area contributed by atoms with Crippen molar-refractivity contribution in [1.29, 1.82) is 5.26 Å². The van der Waals surface area contributed by atoms with Gasteiger partial charge >= 0.3 is 0 Å². The van der Waals surface area contributed by atoms with E-state index in [0.29, 0.717) is 22.6 Å². The van der Waals surface area contributed by atoms with Crippen LogP contribution in [0.4, 0.5) is 0 Å². The number of aromatic nitrogens is 8. The van der Waals surface area contributed by atoms with Gasteiger partial charge in [0.05, 0.1) is 43.0 Å². The summed E-state index contributed by atoms with van der Waals surface area (Å²) >= 11 is 0. The van der Waals surface area contributed by atoms with Crippen molar-refractivity contribution in [3.63, 3.8) is 0 Å². The largest absolute Gasteiger partial charge is 0.275 e. The maximum Gasteiger partial charge on any atom is 0.211 e. The number of sulfonamides is 1. The van der Waals surface area contributed by atoms with Crippen LogP contribution in [0.25, 0.3) is 28.2 Å². The average Bonchev–Trinajstić information content (AvgIpc) is 3.42. The molecule has 0 N–H and O–H groups in total. The molecule has 0 spiro atoms. The number of aryl methyl sites for hydroxylation is 1. The normalized spacial score (nSPS) is 16.3. The number of nitrogens with zero attached hydrogens (tertiary/aromatic N) is 10. The molecule has 4 aromatic heterocycles. The SMILES string of the molecule is Cn1cc(-c2cn3ncnc3c(-c3cnn(C4(CC#N)CN(S(C)(=O)=O)C4)c3)n2)cn1. The molecular formula is C18H18N10O2S. The molecule has 0 bridgehead atoms. The van der Waals surface area contributed by atoms with E-state index in [1.165, 1.54) is 10.6 Å². The molecule has 0 saturated carbocycles. The zero-order valence-electron chi connectivity index (χ0n) is 16.8. The first kappa shape index (κ1) is 19.3. The fraction of sp³-hybridized carbons (Fsp3) is 0.333. The molecule has 0 atom stereocenters. The van der Waals surface area contributed by atoms with Crippen LogP contribution in [0.5, 0.6) is 0 Å². The van der Waals surface area contributed by atoms with Gasteiger partial charge in [-0.15, -0.1) is 0 Å². The predicted molar refractivity (Wildman–Crippen MR) is 109 cm³/mol. The van der Waals surface area contributed by atoms with Gasteiger partial charge in [-0.05, 0) is 0 Å². The smallest absolute Gasteiger partial charge is 0.211 e. The summed E-state index contributed by atoms with van der Waals surface area (Å²) in [5.41, 5.74) is 2.63. The molecule has 1 aliphatic heterocycles. The van der Waals surface area contributed by atoms with E-state index in [4.69, 9.17) is 4.98 Å².